The summed E-state index contributed by atoms with van der Waals surface area (Å²) in [6.45, 7) is -0.0814. The number of nitrogens with one attached hydrogen (secondary N) is 1. The van der Waals surface area contributed by atoms with Crippen molar-refractivity contribution in [3.8, 4) is 5.69 Å². The number of nitro groups is 1. The fourth-order valence-electron chi connectivity index (χ4n) is 4.82. The van der Waals surface area contributed by atoms with Gasteiger partial charge in [0.05, 0.1) is 33.9 Å². The van der Waals surface area contributed by atoms with Crippen molar-refractivity contribution in [1.82, 2.24) is 25.1 Å². The summed E-state index contributed by atoms with van der Waals surface area (Å²) in [5.41, 5.74) is 2.07. The largest absolute Gasteiger partial charge is 0.345 e. The fraction of sp³-hybridized carbons (Fsp3) is 0.129. The number of aromatic nitrogens is 3. The Kier molecular flexibility index (Phi) is 8.94. The predicted octanol–water partition coefficient (Wildman–Crippen LogP) is 5.92. The molecule has 6 rings (SSSR count). The summed E-state index contributed by atoms with van der Waals surface area (Å²) < 4.78 is 29.1. The number of halogens is 2. The molecular weight excluding hydrogens is 637 g/mol. The molecule has 15 heteroatoms. The van der Waals surface area contributed by atoms with Crippen molar-refractivity contribution < 1.29 is 23.3 Å². The first-order valence-corrected chi connectivity index (χ1v) is 15.7. The molecule has 11 nitrogen and oxygen atoms in total. The molecule has 2 amide bonds. The Morgan fingerprint density at radius 1 is 0.978 bits per heavy atom. The maximum atomic E-state index is 13.8. The van der Waals surface area contributed by atoms with Gasteiger partial charge < -0.3 is 5.32 Å². The number of non-ortho nitro benzene ring substituents is 1. The van der Waals surface area contributed by atoms with Crippen LogP contribution in [0.4, 0.5) is 14.5 Å². The molecule has 1 atom stereocenters. The first-order valence-electron chi connectivity index (χ1n) is 13.8. The minimum absolute atomic E-state index is 0.0760. The van der Waals surface area contributed by atoms with Gasteiger partial charge in [0.1, 0.15) is 11.6 Å². The average molecular weight is 660 g/mol. The number of carbonyl (C=O) groups excluding carboxylic acids is 2. The van der Waals surface area contributed by atoms with Crippen molar-refractivity contribution in [3.63, 3.8) is 0 Å². The van der Waals surface area contributed by atoms with E-state index in [9.17, 15) is 28.5 Å². The normalized spacial score (nSPS) is 14.3. The lowest BCUT2D eigenvalue weighted by Gasteiger charge is -2.22. The Hall–Kier alpha value is -5.28. The van der Waals surface area contributed by atoms with E-state index in [2.05, 4.69) is 20.6 Å². The van der Waals surface area contributed by atoms with Crippen LogP contribution in [0.1, 0.15) is 39.1 Å². The molecule has 0 aliphatic carbocycles. The Morgan fingerprint density at radius 2 is 1.67 bits per heavy atom. The van der Waals surface area contributed by atoms with Gasteiger partial charge in [-0.25, -0.2) is 13.8 Å². The lowest BCUT2D eigenvalue weighted by Crippen LogP contribution is -2.28. The molecule has 0 bridgehead atoms. The Labute approximate surface area is 268 Å². The van der Waals surface area contributed by atoms with Crippen LogP contribution in [0.5, 0.6) is 0 Å². The van der Waals surface area contributed by atoms with Gasteiger partial charge in [0.15, 0.2) is 11.0 Å². The van der Waals surface area contributed by atoms with Crippen LogP contribution in [0, 0.1) is 21.7 Å². The standard InChI is InChI=1S/C31H23F2N7O4S2/c32-21-7-3-19(4-8-21)26-16-25(27-2-1-15-45-27)37-39(26)29(41)18-46-31-36-35-28(38(31)23-13-9-22(33)10-14-23)17-34-30(42)20-5-11-24(12-6-20)40(43)44/h1-15,26H,16-18H2,(H,34,42)/t26-/m1/s1. The third-order valence-electron chi connectivity index (χ3n) is 7.08. The van der Waals surface area contributed by atoms with Crippen LogP contribution in [0.3, 0.4) is 0 Å². The molecule has 3 heterocycles. The summed E-state index contributed by atoms with van der Waals surface area (Å²) in [7, 11) is 0. The zero-order valence-electron chi connectivity index (χ0n) is 23.7. The van der Waals surface area contributed by atoms with Gasteiger partial charge in [-0.2, -0.15) is 5.10 Å². The highest BCUT2D eigenvalue weighted by Crippen LogP contribution is 2.35. The fourth-order valence-corrected chi connectivity index (χ4v) is 6.37. The van der Waals surface area contributed by atoms with Crippen LogP contribution in [0.15, 0.2) is 101 Å². The number of benzene rings is 3. The molecular formula is C31H23F2N7O4S2. The highest BCUT2D eigenvalue weighted by atomic mass is 32.2. The number of nitro benzene ring substituents is 1. The number of carbonyl (C=O) groups is 2. The molecule has 2 aromatic heterocycles. The Bertz CT molecular complexity index is 1910. The highest BCUT2D eigenvalue weighted by Gasteiger charge is 2.33. The third kappa shape index (κ3) is 6.69. The van der Waals surface area contributed by atoms with Crippen molar-refractivity contribution in [1.29, 1.82) is 0 Å². The molecule has 0 saturated heterocycles. The van der Waals surface area contributed by atoms with Crippen LogP contribution in [0.25, 0.3) is 5.69 Å². The topological polar surface area (TPSA) is 136 Å². The smallest absolute Gasteiger partial charge is 0.269 e. The van der Waals surface area contributed by atoms with Gasteiger partial charge in [-0.05, 0) is 65.5 Å². The van der Waals surface area contributed by atoms with Gasteiger partial charge in [0.25, 0.3) is 17.5 Å². The van der Waals surface area contributed by atoms with Crippen molar-refractivity contribution in [2.45, 2.75) is 24.2 Å². The summed E-state index contributed by atoms with van der Waals surface area (Å²) in [5, 5.41) is 30.4. The quantitative estimate of drug-likeness (QED) is 0.112. The number of amides is 2. The molecule has 0 saturated carbocycles. The van der Waals surface area contributed by atoms with Crippen molar-refractivity contribution in [2.75, 3.05) is 5.75 Å². The van der Waals surface area contributed by atoms with E-state index in [1.165, 1.54) is 77.0 Å². The summed E-state index contributed by atoms with van der Waals surface area (Å²) in [6.07, 6.45) is 0.465. The maximum Gasteiger partial charge on any atom is 0.269 e. The van der Waals surface area contributed by atoms with E-state index < -0.39 is 22.7 Å². The van der Waals surface area contributed by atoms with Crippen molar-refractivity contribution >= 4 is 46.3 Å². The number of hydrogen-bond acceptors (Lipinski definition) is 9. The van der Waals surface area contributed by atoms with E-state index in [4.69, 9.17) is 0 Å². The average Bonchev–Trinajstić information content (AvgIpc) is 3.84. The van der Waals surface area contributed by atoms with E-state index in [0.717, 1.165) is 27.9 Å². The zero-order valence-corrected chi connectivity index (χ0v) is 25.4. The van der Waals surface area contributed by atoms with Gasteiger partial charge in [-0.1, -0.05) is 30.0 Å². The molecule has 0 unspecified atom stereocenters. The van der Waals surface area contributed by atoms with E-state index in [1.54, 1.807) is 16.7 Å². The number of rotatable bonds is 10. The summed E-state index contributed by atoms with van der Waals surface area (Å²) in [6, 6.07) is 20.1. The van der Waals surface area contributed by atoms with Crippen LogP contribution in [0.2, 0.25) is 0 Å². The predicted molar refractivity (Wildman–Crippen MR) is 168 cm³/mol. The monoisotopic (exact) mass is 659 g/mol. The zero-order chi connectivity index (χ0) is 32.2. The second-order valence-corrected chi connectivity index (χ2v) is 11.9. The van der Waals surface area contributed by atoms with E-state index >= 15 is 0 Å². The maximum absolute atomic E-state index is 13.8. The molecule has 0 fully saturated rings. The number of nitrogens with zero attached hydrogens (tertiary/aromatic N) is 6. The van der Waals surface area contributed by atoms with Crippen LogP contribution in [-0.2, 0) is 11.3 Å². The van der Waals surface area contributed by atoms with Crippen LogP contribution >= 0.6 is 23.1 Å². The molecule has 232 valence electrons. The van der Waals surface area contributed by atoms with Gasteiger partial charge in [-0.3, -0.25) is 24.3 Å². The lowest BCUT2D eigenvalue weighted by molar-refractivity contribution is -0.384. The molecule has 5 aromatic rings. The summed E-state index contributed by atoms with van der Waals surface area (Å²) >= 11 is 2.61. The van der Waals surface area contributed by atoms with Crippen molar-refractivity contribution in [3.05, 3.63) is 134 Å². The van der Waals surface area contributed by atoms with Gasteiger partial charge in [0, 0.05) is 29.8 Å². The summed E-state index contributed by atoms with van der Waals surface area (Å²) in [5.74, 6) is -1.40. The Morgan fingerprint density at radius 3 is 2.33 bits per heavy atom. The SMILES string of the molecule is O=C(NCc1nnc(SCC(=O)N2N=C(c3cccs3)C[C@@H]2c2ccc(F)cc2)n1-c1ccc(F)cc1)c1ccc([N+](=O)[O-])cc1. The number of thiophene rings is 1. The van der Waals surface area contributed by atoms with E-state index in [0.29, 0.717) is 23.1 Å². The van der Waals surface area contributed by atoms with Gasteiger partial charge in [0.2, 0.25) is 0 Å². The first kappa shape index (κ1) is 30.7. The Balaban J connectivity index is 1.22. The number of hydrogen-bond donors (Lipinski definition) is 1. The summed E-state index contributed by atoms with van der Waals surface area (Å²) in [4.78, 5) is 37.7. The lowest BCUT2D eigenvalue weighted by atomic mass is 10.0. The van der Waals surface area contributed by atoms with Gasteiger partial charge in [-0.15, -0.1) is 21.5 Å². The van der Waals surface area contributed by atoms with E-state index in [-0.39, 0.29) is 35.3 Å². The minimum atomic E-state index is -0.557. The van der Waals surface area contributed by atoms with Crippen molar-refractivity contribution in [2.24, 2.45) is 5.10 Å². The second-order valence-electron chi connectivity index (χ2n) is 10.0. The minimum Gasteiger partial charge on any atom is -0.345 e. The van der Waals surface area contributed by atoms with Gasteiger partial charge >= 0.3 is 0 Å². The van der Waals surface area contributed by atoms with Crippen LogP contribution < -0.4 is 5.32 Å². The highest BCUT2D eigenvalue weighted by molar-refractivity contribution is 7.99. The molecule has 1 aliphatic rings. The first-order chi connectivity index (χ1) is 22.3. The van der Waals surface area contributed by atoms with Crippen LogP contribution in [-0.4, -0.2) is 48.0 Å². The second kappa shape index (κ2) is 13.4. The molecule has 1 aliphatic heterocycles. The third-order valence-corrected chi connectivity index (χ3v) is 8.92. The molecule has 3 aromatic carbocycles. The molecule has 1 N–H and O–H groups in total. The number of thioether (sulfide) groups is 1. The number of hydrazone groups is 1. The van der Waals surface area contributed by atoms with E-state index in [1.807, 2.05) is 17.5 Å². The molecule has 0 radical (unpaired) electrons. The molecule has 0 spiro atoms. The molecule has 46 heavy (non-hydrogen) atoms.